The first kappa shape index (κ1) is 7.86. The molecule has 0 N–H and O–H groups in total. The minimum Gasteiger partial charge on any atom is -0.277 e. The summed E-state index contributed by atoms with van der Waals surface area (Å²) in [6.45, 7) is 5.30. The Balaban J connectivity index is 2.55. The van der Waals surface area contributed by atoms with Crippen molar-refractivity contribution in [3.05, 3.63) is 11.6 Å². The van der Waals surface area contributed by atoms with Crippen LogP contribution in [0, 0.1) is 0 Å². The molecule has 0 atom stereocenters. The highest BCUT2D eigenvalue weighted by Crippen LogP contribution is 2.18. The van der Waals surface area contributed by atoms with Crippen molar-refractivity contribution < 1.29 is 0 Å². The molecule has 56 valence electrons. The Hall–Kier alpha value is -0.240. The second-order valence-corrected chi connectivity index (χ2v) is 3.41. The number of hydrogen-bond acceptors (Lipinski definition) is 2. The van der Waals surface area contributed by atoms with Crippen LogP contribution in [0.25, 0.3) is 0 Å². The van der Waals surface area contributed by atoms with E-state index in [1.165, 1.54) is 16.4 Å². The summed E-state index contributed by atoms with van der Waals surface area (Å²) in [5.74, 6) is 1.17. The van der Waals surface area contributed by atoms with Gasteiger partial charge >= 0.3 is 0 Å². The third-order valence-corrected chi connectivity index (χ3v) is 2.54. The van der Waals surface area contributed by atoms with Crippen LogP contribution >= 0.6 is 11.8 Å². The summed E-state index contributed by atoms with van der Waals surface area (Å²) in [6, 6.07) is 0. The lowest BCUT2D eigenvalue weighted by Gasteiger charge is -1.96. The van der Waals surface area contributed by atoms with Gasteiger partial charge in [0.15, 0.2) is 0 Å². The van der Waals surface area contributed by atoms with Crippen LogP contribution in [0.2, 0.25) is 0 Å². The Kier molecular flexibility index (Phi) is 3.00. The lowest BCUT2D eigenvalue weighted by molar-refractivity contribution is 1.17. The van der Waals surface area contributed by atoms with Gasteiger partial charge in [-0.05, 0) is 18.9 Å². The van der Waals surface area contributed by atoms with Crippen LogP contribution in [0.3, 0.4) is 0 Å². The maximum Gasteiger partial charge on any atom is 0.0931 e. The van der Waals surface area contributed by atoms with Crippen molar-refractivity contribution in [2.75, 3.05) is 12.3 Å². The molecule has 0 aromatic carbocycles. The molecule has 0 radical (unpaired) electrons. The first-order chi connectivity index (χ1) is 4.84. The molecule has 1 rings (SSSR count). The average molecular weight is 155 g/mol. The number of allylic oxidation sites excluding steroid dienone is 1. The van der Waals surface area contributed by atoms with Crippen molar-refractivity contribution in [3.63, 3.8) is 0 Å². The molecule has 0 bridgehead atoms. The Bertz CT molecular complexity index is 170. The van der Waals surface area contributed by atoms with Gasteiger partial charge in [-0.15, -0.1) is 11.8 Å². The molecule has 0 fully saturated rings. The van der Waals surface area contributed by atoms with E-state index in [2.05, 4.69) is 24.9 Å². The molecule has 10 heavy (non-hydrogen) atoms. The number of thioether (sulfide) groups is 1. The molecule has 0 spiro atoms. The zero-order valence-corrected chi connectivity index (χ0v) is 7.37. The van der Waals surface area contributed by atoms with Crippen LogP contribution in [-0.4, -0.2) is 17.3 Å². The van der Waals surface area contributed by atoms with Crippen LogP contribution < -0.4 is 0 Å². The van der Waals surface area contributed by atoms with Crippen molar-refractivity contribution in [2.45, 2.75) is 20.3 Å². The fraction of sp³-hybridized carbons (Fsp3) is 0.625. The molecular weight excluding hydrogens is 142 g/mol. The second-order valence-electron chi connectivity index (χ2n) is 2.33. The monoisotopic (exact) mass is 155 g/mol. The van der Waals surface area contributed by atoms with Gasteiger partial charge in [0.2, 0.25) is 0 Å². The third kappa shape index (κ3) is 1.87. The molecule has 0 saturated heterocycles. The highest BCUT2D eigenvalue weighted by molar-refractivity contribution is 8.14. The van der Waals surface area contributed by atoms with Gasteiger partial charge in [-0.1, -0.05) is 13.0 Å². The van der Waals surface area contributed by atoms with Crippen LogP contribution in [0.15, 0.2) is 16.6 Å². The molecule has 1 heterocycles. The average Bonchev–Trinajstić information content (AvgIpc) is 2.38. The molecular formula is C8H13NS. The highest BCUT2D eigenvalue weighted by atomic mass is 32.2. The van der Waals surface area contributed by atoms with E-state index in [4.69, 9.17) is 0 Å². The van der Waals surface area contributed by atoms with Crippen molar-refractivity contribution in [1.29, 1.82) is 0 Å². The largest absolute Gasteiger partial charge is 0.277 e. The van der Waals surface area contributed by atoms with E-state index in [0.29, 0.717) is 0 Å². The molecule has 1 aliphatic rings. The third-order valence-electron chi connectivity index (χ3n) is 1.43. The summed E-state index contributed by atoms with van der Waals surface area (Å²) in [5, 5.41) is 1.25. The smallest absolute Gasteiger partial charge is 0.0931 e. The van der Waals surface area contributed by atoms with Crippen molar-refractivity contribution >= 4 is 16.8 Å². The first-order valence-electron chi connectivity index (χ1n) is 3.69. The normalized spacial score (nSPS) is 19.4. The van der Waals surface area contributed by atoms with E-state index in [1.807, 2.05) is 11.8 Å². The van der Waals surface area contributed by atoms with Crippen LogP contribution in [0.4, 0.5) is 0 Å². The predicted molar refractivity (Wildman–Crippen MR) is 48.8 cm³/mol. The molecule has 2 heteroatoms. The topological polar surface area (TPSA) is 12.4 Å². The molecule has 1 aliphatic heterocycles. The standard InChI is InChI=1S/C8H13NS/c1-3-4-7(2)8-9-5-6-10-8/h4H,3,5-6H2,1-2H3. The lowest BCUT2D eigenvalue weighted by atomic mass is 10.3. The predicted octanol–water partition coefficient (Wildman–Crippen LogP) is 2.49. The molecule has 0 aromatic heterocycles. The van der Waals surface area contributed by atoms with E-state index in [9.17, 15) is 0 Å². The van der Waals surface area contributed by atoms with E-state index in [1.54, 1.807) is 0 Å². The summed E-state index contributed by atoms with van der Waals surface area (Å²) < 4.78 is 0. The van der Waals surface area contributed by atoms with Gasteiger partial charge in [0.1, 0.15) is 0 Å². The Morgan fingerprint density at radius 2 is 2.60 bits per heavy atom. The zero-order chi connectivity index (χ0) is 7.40. The summed E-state index contributed by atoms with van der Waals surface area (Å²) in [7, 11) is 0. The quantitative estimate of drug-likeness (QED) is 0.596. The fourth-order valence-corrected chi connectivity index (χ4v) is 1.84. The maximum atomic E-state index is 4.37. The Morgan fingerprint density at radius 3 is 3.10 bits per heavy atom. The SMILES string of the molecule is CCC=C(C)C1=NCCS1. The Labute approximate surface area is 66.6 Å². The van der Waals surface area contributed by atoms with E-state index >= 15 is 0 Å². The molecule has 1 nitrogen and oxygen atoms in total. The summed E-state index contributed by atoms with van der Waals surface area (Å²) in [6.07, 6.45) is 3.35. The van der Waals surface area contributed by atoms with Crippen LogP contribution in [0.5, 0.6) is 0 Å². The number of nitrogens with zero attached hydrogens (tertiary/aromatic N) is 1. The zero-order valence-electron chi connectivity index (χ0n) is 6.55. The lowest BCUT2D eigenvalue weighted by Crippen LogP contribution is -1.88. The summed E-state index contributed by atoms with van der Waals surface area (Å²) in [5.41, 5.74) is 1.35. The Morgan fingerprint density at radius 1 is 1.80 bits per heavy atom. The first-order valence-corrected chi connectivity index (χ1v) is 4.67. The van der Waals surface area contributed by atoms with Gasteiger partial charge in [0.05, 0.1) is 5.04 Å². The molecule has 0 unspecified atom stereocenters. The van der Waals surface area contributed by atoms with Crippen molar-refractivity contribution in [3.8, 4) is 0 Å². The van der Waals surface area contributed by atoms with Crippen molar-refractivity contribution in [1.82, 2.24) is 0 Å². The summed E-state index contributed by atoms with van der Waals surface area (Å²) in [4.78, 5) is 4.37. The minimum atomic E-state index is 1.01. The van der Waals surface area contributed by atoms with E-state index in [-0.39, 0.29) is 0 Å². The van der Waals surface area contributed by atoms with Crippen molar-refractivity contribution in [2.24, 2.45) is 4.99 Å². The fourth-order valence-electron chi connectivity index (χ4n) is 0.967. The van der Waals surface area contributed by atoms with Gasteiger partial charge in [-0.3, -0.25) is 4.99 Å². The molecule has 0 saturated carbocycles. The highest BCUT2D eigenvalue weighted by Gasteiger charge is 2.06. The molecule has 0 aliphatic carbocycles. The van der Waals surface area contributed by atoms with Crippen LogP contribution in [0.1, 0.15) is 20.3 Å². The number of rotatable bonds is 2. The second kappa shape index (κ2) is 3.81. The molecule has 0 aromatic rings. The summed E-state index contributed by atoms with van der Waals surface area (Å²) >= 11 is 1.87. The maximum absolute atomic E-state index is 4.37. The van der Waals surface area contributed by atoms with Gasteiger partial charge in [0.25, 0.3) is 0 Å². The van der Waals surface area contributed by atoms with Crippen LogP contribution in [-0.2, 0) is 0 Å². The number of hydrogen-bond donors (Lipinski definition) is 0. The van der Waals surface area contributed by atoms with Gasteiger partial charge in [-0.25, -0.2) is 0 Å². The van der Waals surface area contributed by atoms with Gasteiger partial charge < -0.3 is 0 Å². The van der Waals surface area contributed by atoms with Gasteiger partial charge in [0, 0.05) is 12.3 Å². The van der Waals surface area contributed by atoms with Gasteiger partial charge in [-0.2, -0.15) is 0 Å². The minimum absolute atomic E-state index is 1.01. The molecule has 0 amide bonds. The van der Waals surface area contributed by atoms with E-state index < -0.39 is 0 Å². The van der Waals surface area contributed by atoms with E-state index in [0.717, 1.165) is 13.0 Å². The number of aliphatic imine (C=N–C) groups is 1.